The molecule has 1 aromatic rings. The molecule has 68 valence electrons. The lowest BCUT2D eigenvalue weighted by Crippen LogP contribution is -2.06. The molecule has 0 bridgehead atoms. The number of nitrogen functional groups attached to an aromatic ring is 1. The molecule has 2 N–H and O–H groups in total. The Labute approximate surface area is 76.0 Å². The maximum Gasteiger partial charge on any atom is 0.270 e. The van der Waals surface area contributed by atoms with E-state index in [9.17, 15) is 8.78 Å². The van der Waals surface area contributed by atoms with Gasteiger partial charge >= 0.3 is 0 Å². The van der Waals surface area contributed by atoms with Crippen molar-refractivity contribution in [2.75, 3.05) is 5.73 Å². The predicted octanol–water partition coefficient (Wildman–Crippen LogP) is 2.80. The highest BCUT2D eigenvalue weighted by Gasteiger charge is 2.23. The van der Waals surface area contributed by atoms with Gasteiger partial charge in [0.25, 0.3) is 5.92 Å². The number of halogens is 3. The number of hydrogen-bond donors (Lipinski definition) is 1. The first-order valence-corrected chi connectivity index (χ1v) is 3.24. The molecule has 0 spiro atoms. The maximum atomic E-state index is 12.6. The van der Waals surface area contributed by atoms with Crippen LogP contribution in [0.15, 0.2) is 24.3 Å². The third-order valence-corrected chi connectivity index (χ3v) is 1.39. The Morgan fingerprint density at radius 2 is 1.92 bits per heavy atom. The number of nitrogens with two attached hydrogens (primary N) is 1. The van der Waals surface area contributed by atoms with E-state index >= 15 is 0 Å². The van der Waals surface area contributed by atoms with E-state index in [-0.39, 0.29) is 18.0 Å². The summed E-state index contributed by atoms with van der Waals surface area (Å²) in [5.74, 6) is -2.80. The van der Waals surface area contributed by atoms with Gasteiger partial charge in [0.15, 0.2) is 0 Å². The summed E-state index contributed by atoms with van der Waals surface area (Å²) in [7, 11) is 0. The van der Waals surface area contributed by atoms with Crippen LogP contribution in [0, 0.1) is 0 Å². The van der Waals surface area contributed by atoms with E-state index in [2.05, 4.69) is 0 Å². The van der Waals surface area contributed by atoms with Crippen LogP contribution in [0.3, 0.4) is 0 Å². The minimum absolute atomic E-state index is 0. The topological polar surface area (TPSA) is 26.0 Å². The van der Waals surface area contributed by atoms with Crippen molar-refractivity contribution in [1.82, 2.24) is 0 Å². The molecule has 0 aliphatic rings. The zero-order chi connectivity index (χ0) is 8.48. The summed E-state index contributed by atoms with van der Waals surface area (Å²) in [4.78, 5) is 0. The smallest absolute Gasteiger partial charge is 0.270 e. The Morgan fingerprint density at radius 1 is 1.33 bits per heavy atom. The molecule has 12 heavy (non-hydrogen) atoms. The summed E-state index contributed by atoms with van der Waals surface area (Å²) in [6, 6.07) is 5.73. The zero-order valence-electron chi connectivity index (χ0n) is 6.55. The predicted molar refractivity (Wildman–Crippen MR) is 47.7 cm³/mol. The van der Waals surface area contributed by atoms with Gasteiger partial charge in [-0.15, -0.1) is 12.4 Å². The van der Waals surface area contributed by atoms with Crippen molar-refractivity contribution in [3.8, 4) is 0 Å². The summed E-state index contributed by atoms with van der Waals surface area (Å²) >= 11 is 0. The molecule has 1 nitrogen and oxygen atoms in total. The van der Waals surface area contributed by atoms with Gasteiger partial charge in [-0.2, -0.15) is 0 Å². The number of alkyl halides is 2. The van der Waals surface area contributed by atoms with Gasteiger partial charge in [-0.3, -0.25) is 0 Å². The summed E-state index contributed by atoms with van der Waals surface area (Å²) in [6.45, 7) is 0.849. The van der Waals surface area contributed by atoms with Crippen molar-refractivity contribution in [2.45, 2.75) is 12.8 Å². The van der Waals surface area contributed by atoms with Crippen LogP contribution in [-0.2, 0) is 5.92 Å². The van der Waals surface area contributed by atoms with Crippen LogP contribution in [0.5, 0.6) is 0 Å². The van der Waals surface area contributed by atoms with Gasteiger partial charge in [0.1, 0.15) is 0 Å². The average molecular weight is 194 g/mol. The molecule has 0 aliphatic heterocycles. The normalized spacial score (nSPS) is 10.6. The lowest BCUT2D eigenvalue weighted by Gasteiger charge is -2.09. The summed E-state index contributed by atoms with van der Waals surface area (Å²) < 4.78 is 25.2. The molecule has 1 aromatic carbocycles. The molecule has 0 aromatic heterocycles. The molecule has 1 rings (SSSR count). The second kappa shape index (κ2) is 3.72. The molecule has 0 heterocycles. The molecule has 0 fully saturated rings. The van der Waals surface area contributed by atoms with Gasteiger partial charge < -0.3 is 5.73 Å². The second-order valence-corrected chi connectivity index (χ2v) is 2.51. The number of anilines is 1. The van der Waals surface area contributed by atoms with Gasteiger partial charge in [-0.25, -0.2) is 8.78 Å². The molecule has 0 aliphatic carbocycles. The third kappa shape index (κ3) is 2.66. The van der Waals surface area contributed by atoms with E-state index < -0.39 is 5.92 Å². The van der Waals surface area contributed by atoms with Crippen LogP contribution in [0.1, 0.15) is 12.5 Å². The molecule has 0 unspecified atom stereocenters. The van der Waals surface area contributed by atoms with E-state index in [4.69, 9.17) is 5.73 Å². The third-order valence-electron chi connectivity index (χ3n) is 1.39. The van der Waals surface area contributed by atoms with Crippen LogP contribution in [-0.4, -0.2) is 0 Å². The quantitative estimate of drug-likeness (QED) is 0.682. The van der Waals surface area contributed by atoms with Crippen molar-refractivity contribution >= 4 is 18.1 Å². The Hall–Kier alpha value is -0.830. The highest BCUT2D eigenvalue weighted by atomic mass is 35.5. The Bertz CT molecular complexity index is 257. The van der Waals surface area contributed by atoms with E-state index in [1.807, 2.05) is 0 Å². The summed E-state index contributed by atoms with van der Waals surface area (Å²) in [6.07, 6.45) is 0. The first kappa shape index (κ1) is 11.2. The standard InChI is InChI=1S/C8H9F2N.ClH/c1-8(9,10)6-3-2-4-7(11)5-6;/h2-5H,11H2,1H3;1H. The first-order chi connectivity index (χ1) is 5.00. The van der Waals surface area contributed by atoms with Gasteiger partial charge in [-0.05, 0) is 12.1 Å². The maximum absolute atomic E-state index is 12.6. The number of benzene rings is 1. The van der Waals surface area contributed by atoms with Crippen LogP contribution in [0.25, 0.3) is 0 Å². The fraction of sp³-hybridized carbons (Fsp3) is 0.250. The lowest BCUT2D eigenvalue weighted by molar-refractivity contribution is 0.0175. The fourth-order valence-corrected chi connectivity index (χ4v) is 0.812. The zero-order valence-corrected chi connectivity index (χ0v) is 7.37. The Morgan fingerprint density at radius 3 is 2.25 bits per heavy atom. The van der Waals surface area contributed by atoms with E-state index in [1.54, 1.807) is 6.07 Å². The van der Waals surface area contributed by atoms with E-state index in [0.717, 1.165) is 6.92 Å². The van der Waals surface area contributed by atoms with Crippen molar-refractivity contribution in [1.29, 1.82) is 0 Å². The molecule has 0 saturated carbocycles. The first-order valence-electron chi connectivity index (χ1n) is 3.24. The van der Waals surface area contributed by atoms with Crippen LogP contribution in [0.2, 0.25) is 0 Å². The highest BCUT2D eigenvalue weighted by molar-refractivity contribution is 5.85. The minimum Gasteiger partial charge on any atom is -0.399 e. The molecule has 4 heteroatoms. The molecule has 0 amide bonds. The number of hydrogen-bond acceptors (Lipinski definition) is 1. The Balaban J connectivity index is 0.00000121. The van der Waals surface area contributed by atoms with Gasteiger partial charge in [0.05, 0.1) is 0 Å². The fourth-order valence-electron chi connectivity index (χ4n) is 0.812. The highest BCUT2D eigenvalue weighted by Crippen LogP contribution is 2.27. The molecular weight excluding hydrogens is 184 g/mol. The minimum atomic E-state index is -2.80. The summed E-state index contributed by atoms with van der Waals surface area (Å²) in [5, 5.41) is 0. The number of rotatable bonds is 1. The largest absolute Gasteiger partial charge is 0.399 e. The van der Waals surface area contributed by atoms with Crippen molar-refractivity contribution in [2.24, 2.45) is 0 Å². The van der Waals surface area contributed by atoms with E-state index in [0.29, 0.717) is 5.69 Å². The van der Waals surface area contributed by atoms with Gasteiger partial charge in [0, 0.05) is 18.2 Å². The SMILES string of the molecule is CC(F)(F)c1cccc(N)c1.Cl. The lowest BCUT2D eigenvalue weighted by atomic mass is 10.1. The average Bonchev–Trinajstić information content (AvgIpc) is 1.86. The van der Waals surface area contributed by atoms with Crippen LogP contribution in [0.4, 0.5) is 14.5 Å². The monoisotopic (exact) mass is 193 g/mol. The van der Waals surface area contributed by atoms with Crippen molar-refractivity contribution < 1.29 is 8.78 Å². The van der Waals surface area contributed by atoms with Gasteiger partial charge in [-0.1, -0.05) is 12.1 Å². The summed E-state index contributed by atoms with van der Waals surface area (Å²) in [5.41, 5.74) is 5.64. The van der Waals surface area contributed by atoms with Crippen molar-refractivity contribution in [3.05, 3.63) is 29.8 Å². The molecule has 0 atom stereocenters. The Kier molecular flexibility index (Phi) is 3.46. The van der Waals surface area contributed by atoms with Crippen LogP contribution >= 0.6 is 12.4 Å². The van der Waals surface area contributed by atoms with Gasteiger partial charge in [0.2, 0.25) is 0 Å². The second-order valence-electron chi connectivity index (χ2n) is 2.51. The van der Waals surface area contributed by atoms with Crippen LogP contribution < -0.4 is 5.73 Å². The molecule has 0 saturated heterocycles. The van der Waals surface area contributed by atoms with Crippen molar-refractivity contribution in [3.63, 3.8) is 0 Å². The van der Waals surface area contributed by atoms with E-state index in [1.165, 1.54) is 18.2 Å². The molecule has 0 radical (unpaired) electrons. The molecular formula is C8H10ClF2N.